The fraction of sp³-hybridized carbons (Fsp3) is 0.240. The van der Waals surface area contributed by atoms with E-state index in [1.165, 1.54) is 17.4 Å². The number of hydrogen-bond donors (Lipinski definition) is 1. The van der Waals surface area contributed by atoms with Crippen LogP contribution in [-0.2, 0) is 9.84 Å². The second-order valence-electron chi connectivity index (χ2n) is 8.18. The summed E-state index contributed by atoms with van der Waals surface area (Å²) in [6, 6.07) is 27.3. The highest BCUT2D eigenvalue weighted by atomic mass is 32.2. The van der Waals surface area contributed by atoms with Crippen molar-refractivity contribution in [2.75, 3.05) is 19.3 Å². The van der Waals surface area contributed by atoms with Crippen LogP contribution in [-0.4, -0.2) is 38.6 Å². The first-order valence-corrected chi connectivity index (χ1v) is 12.2. The molecule has 1 fully saturated rings. The van der Waals surface area contributed by atoms with E-state index in [1.807, 2.05) is 36.4 Å². The maximum atomic E-state index is 12.7. The largest absolute Gasteiger partial charge is 0.366 e. The normalized spacial score (nSPS) is 16.1. The Labute approximate surface area is 183 Å². The van der Waals surface area contributed by atoms with Gasteiger partial charge in [0.25, 0.3) is 0 Å². The lowest BCUT2D eigenvalue weighted by atomic mass is 9.86. The highest BCUT2D eigenvalue weighted by Gasteiger charge is 2.42. The first kappa shape index (κ1) is 21.3. The Bertz CT molecular complexity index is 1120. The Balaban J connectivity index is 1.62. The lowest BCUT2D eigenvalue weighted by Gasteiger charge is -2.47. The monoisotopic (exact) mass is 434 g/mol. The number of carbonyl (C=O) groups excluding carboxylic acids is 1. The zero-order valence-electron chi connectivity index (χ0n) is 17.4. The Morgan fingerprint density at radius 3 is 1.87 bits per heavy atom. The average molecular weight is 435 g/mol. The Hall–Kier alpha value is -2.96. The molecule has 0 aliphatic carbocycles. The van der Waals surface area contributed by atoms with Gasteiger partial charge in [0.1, 0.15) is 0 Å². The van der Waals surface area contributed by atoms with Crippen LogP contribution >= 0.6 is 0 Å². The minimum Gasteiger partial charge on any atom is -0.366 e. The third kappa shape index (κ3) is 4.55. The predicted octanol–water partition coefficient (Wildman–Crippen LogP) is 3.59. The van der Waals surface area contributed by atoms with Crippen LogP contribution in [0.2, 0.25) is 0 Å². The first-order valence-electron chi connectivity index (χ1n) is 10.3. The molecule has 1 amide bonds. The zero-order valence-corrected chi connectivity index (χ0v) is 18.2. The van der Waals surface area contributed by atoms with Gasteiger partial charge in [-0.15, -0.1) is 0 Å². The van der Waals surface area contributed by atoms with Gasteiger partial charge in [0.2, 0.25) is 5.91 Å². The van der Waals surface area contributed by atoms with Crippen LogP contribution in [0.25, 0.3) is 0 Å². The lowest BCUT2D eigenvalue weighted by Crippen LogP contribution is -2.52. The van der Waals surface area contributed by atoms with Crippen LogP contribution in [0.1, 0.15) is 38.3 Å². The number of likely N-dealkylation sites (tertiary alicyclic amines) is 1. The van der Waals surface area contributed by atoms with Crippen molar-refractivity contribution in [3.63, 3.8) is 0 Å². The predicted molar refractivity (Wildman–Crippen MR) is 122 cm³/mol. The zero-order chi connectivity index (χ0) is 22.0. The summed E-state index contributed by atoms with van der Waals surface area (Å²) in [5, 5.41) is -0.671. The standard InChI is InChI=1S/C25H26N2O3S/c1-31(29,30)24(20-13-8-14-21(15-20)25(26)28)22-16-27(17-22)23(18-9-4-2-5-10-18)19-11-6-3-7-12-19/h2-15,22-24H,16-17H2,1H3,(H2,26,28). The van der Waals surface area contributed by atoms with Crippen LogP contribution in [0.4, 0.5) is 0 Å². The number of benzene rings is 3. The van der Waals surface area contributed by atoms with Gasteiger partial charge in [-0.2, -0.15) is 0 Å². The van der Waals surface area contributed by atoms with E-state index in [0.717, 1.165) is 0 Å². The van der Waals surface area contributed by atoms with Gasteiger partial charge < -0.3 is 5.73 Å². The second kappa shape index (κ2) is 8.65. The van der Waals surface area contributed by atoms with E-state index in [0.29, 0.717) is 24.2 Å². The van der Waals surface area contributed by atoms with E-state index in [-0.39, 0.29) is 12.0 Å². The minimum atomic E-state index is -3.38. The molecule has 1 atom stereocenters. The fourth-order valence-corrected chi connectivity index (χ4v) is 6.09. The summed E-state index contributed by atoms with van der Waals surface area (Å²) in [7, 11) is -3.38. The molecule has 0 saturated carbocycles. The van der Waals surface area contributed by atoms with Crippen molar-refractivity contribution in [3.8, 4) is 0 Å². The van der Waals surface area contributed by atoms with E-state index in [4.69, 9.17) is 5.73 Å². The Kier molecular flexibility index (Phi) is 5.94. The molecule has 1 saturated heterocycles. The molecule has 1 heterocycles. The van der Waals surface area contributed by atoms with E-state index >= 15 is 0 Å². The summed E-state index contributed by atoms with van der Waals surface area (Å²) in [6.07, 6.45) is 1.27. The van der Waals surface area contributed by atoms with Gasteiger partial charge in [-0.1, -0.05) is 72.8 Å². The average Bonchev–Trinajstić information content (AvgIpc) is 2.73. The molecule has 0 aromatic heterocycles. The number of carbonyl (C=O) groups is 1. The highest BCUT2D eigenvalue weighted by Crippen LogP contribution is 2.41. The molecule has 2 N–H and O–H groups in total. The molecule has 0 spiro atoms. The van der Waals surface area contributed by atoms with E-state index in [2.05, 4.69) is 29.2 Å². The van der Waals surface area contributed by atoms with Crippen molar-refractivity contribution < 1.29 is 13.2 Å². The maximum Gasteiger partial charge on any atom is 0.248 e. The highest BCUT2D eigenvalue weighted by molar-refractivity contribution is 7.90. The molecule has 4 rings (SSSR count). The molecular weight excluding hydrogens is 408 g/mol. The van der Waals surface area contributed by atoms with Gasteiger partial charge in [0.05, 0.1) is 11.3 Å². The third-order valence-electron chi connectivity index (χ3n) is 5.92. The van der Waals surface area contributed by atoms with E-state index in [1.54, 1.807) is 24.3 Å². The third-order valence-corrected chi connectivity index (χ3v) is 7.50. The molecule has 1 unspecified atom stereocenters. The lowest BCUT2D eigenvalue weighted by molar-refractivity contribution is 0.0655. The first-order chi connectivity index (χ1) is 14.8. The van der Waals surface area contributed by atoms with Crippen LogP contribution in [0.3, 0.4) is 0 Å². The molecule has 1 aliphatic heterocycles. The summed E-state index contributed by atoms with van der Waals surface area (Å²) in [4.78, 5) is 13.9. The van der Waals surface area contributed by atoms with Crippen LogP contribution in [0.5, 0.6) is 0 Å². The summed E-state index contributed by atoms with van der Waals surface area (Å²) in [5.41, 5.74) is 8.72. The topological polar surface area (TPSA) is 80.5 Å². The summed E-state index contributed by atoms with van der Waals surface area (Å²) >= 11 is 0. The van der Waals surface area contributed by atoms with Gasteiger partial charge >= 0.3 is 0 Å². The fourth-order valence-electron chi connectivity index (χ4n) is 4.57. The van der Waals surface area contributed by atoms with Gasteiger partial charge in [0.15, 0.2) is 9.84 Å². The maximum absolute atomic E-state index is 12.7. The van der Waals surface area contributed by atoms with Gasteiger partial charge in [-0.3, -0.25) is 9.69 Å². The molecule has 3 aromatic rings. The molecule has 5 nitrogen and oxygen atoms in total. The molecule has 0 bridgehead atoms. The van der Waals surface area contributed by atoms with Gasteiger partial charge in [-0.05, 0) is 28.8 Å². The molecule has 3 aromatic carbocycles. The molecule has 31 heavy (non-hydrogen) atoms. The number of sulfone groups is 1. The molecular formula is C25H26N2O3S. The Morgan fingerprint density at radius 2 is 1.39 bits per heavy atom. The van der Waals surface area contributed by atoms with Crippen molar-refractivity contribution in [3.05, 3.63) is 107 Å². The molecule has 0 radical (unpaired) electrons. The Morgan fingerprint density at radius 1 is 0.871 bits per heavy atom. The van der Waals surface area contributed by atoms with E-state index in [9.17, 15) is 13.2 Å². The number of nitrogens with two attached hydrogens (primary N) is 1. The number of hydrogen-bond acceptors (Lipinski definition) is 4. The van der Waals surface area contributed by atoms with Crippen LogP contribution in [0, 0.1) is 5.92 Å². The van der Waals surface area contributed by atoms with Crippen molar-refractivity contribution in [1.29, 1.82) is 0 Å². The minimum absolute atomic E-state index is 0.0620. The molecule has 160 valence electrons. The summed E-state index contributed by atoms with van der Waals surface area (Å²) in [5.74, 6) is -0.620. The quantitative estimate of drug-likeness (QED) is 0.616. The number of amides is 1. The van der Waals surface area contributed by atoms with Crippen LogP contribution < -0.4 is 5.73 Å². The van der Waals surface area contributed by atoms with E-state index < -0.39 is 21.0 Å². The van der Waals surface area contributed by atoms with Crippen LogP contribution in [0.15, 0.2) is 84.9 Å². The van der Waals surface area contributed by atoms with Crippen molar-refractivity contribution in [2.24, 2.45) is 11.7 Å². The van der Waals surface area contributed by atoms with Crippen molar-refractivity contribution in [1.82, 2.24) is 4.90 Å². The summed E-state index contributed by atoms with van der Waals surface area (Å²) < 4.78 is 25.5. The molecule has 1 aliphatic rings. The SMILES string of the molecule is CS(=O)(=O)C(c1cccc(C(N)=O)c1)C1CN(C(c2ccccc2)c2ccccc2)C1. The van der Waals surface area contributed by atoms with Gasteiger partial charge in [-0.25, -0.2) is 8.42 Å². The smallest absolute Gasteiger partial charge is 0.248 e. The number of primary amides is 1. The summed E-state index contributed by atoms with van der Waals surface area (Å²) in [6.45, 7) is 1.29. The van der Waals surface area contributed by atoms with Gasteiger partial charge in [0, 0.05) is 30.8 Å². The van der Waals surface area contributed by atoms with Crippen molar-refractivity contribution >= 4 is 15.7 Å². The second-order valence-corrected chi connectivity index (χ2v) is 10.3. The number of nitrogens with zero attached hydrogens (tertiary/aromatic N) is 1. The van der Waals surface area contributed by atoms with Crippen molar-refractivity contribution in [2.45, 2.75) is 11.3 Å². The molecule has 6 heteroatoms. The number of rotatable bonds is 7.